The van der Waals surface area contributed by atoms with Crippen molar-refractivity contribution in [2.45, 2.75) is 26.7 Å². The number of likely N-dealkylation sites (tertiary alicyclic amines) is 1. The number of nitrogens with zero attached hydrogens (tertiary/aromatic N) is 1. The van der Waals surface area contributed by atoms with Crippen molar-refractivity contribution in [2.75, 3.05) is 39.2 Å². The van der Waals surface area contributed by atoms with Crippen LogP contribution in [0.3, 0.4) is 0 Å². The molecule has 1 aliphatic rings. The lowest BCUT2D eigenvalue weighted by Crippen LogP contribution is -2.40. The van der Waals surface area contributed by atoms with E-state index in [1.165, 1.54) is 6.42 Å². The predicted molar refractivity (Wildman–Crippen MR) is 92.2 cm³/mol. The second-order valence-corrected chi connectivity index (χ2v) is 6.57. The number of hydrogen-bond acceptors (Lipinski definition) is 4. The van der Waals surface area contributed by atoms with Crippen molar-refractivity contribution in [1.82, 2.24) is 4.90 Å². The summed E-state index contributed by atoms with van der Waals surface area (Å²) in [5.74, 6) is 2.75. The van der Waals surface area contributed by atoms with Crippen LogP contribution in [0.25, 0.3) is 0 Å². The Kier molecular flexibility index (Phi) is 6.28. The van der Waals surface area contributed by atoms with E-state index in [1.807, 2.05) is 6.07 Å². The summed E-state index contributed by atoms with van der Waals surface area (Å²) in [6, 6.07) is 5.38. The Hall–Kier alpha value is -1.75. The van der Waals surface area contributed by atoms with Gasteiger partial charge in [0.05, 0.1) is 19.9 Å². The van der Waals surface area contributed by atoms with Gasteiger partial charge in [0.1, 0.15) is 11.5 Å². The van der Waals surface area contributed by atoms with Crippen molar-refractivity contribution < 1.29 is 14.3 Å². The molecule has 1 aliphatic heterocycles. The third-order valence-corrected chi connectivity index (χ3v) is 4.28. The summed E-state index contributed by atoms with van der Waals surface area (Å²) in [7, 11) is 3.19. The van der Waals surface area contributed by atoms with Gasteiger partial charge in [-0.05, 0) is 30.4 Å². The summed E-state index contributed by atoms with van der Waals surface area (Å²) in [5.41, 5.74) is 0.650. The molecule has 0 unspecified atom stereocenters. The lowest BCUT2D eigenvalue weighted by Gasteiger charge is -2.34. The van der Waals surface area contributed by atoms with Crippen LogP contribution in [0.1, 0.15) is 26.7 Å². The Morgan fingerprint density at radius 1 is 1.22 bits per heavy atom. The van der Waals surface area contributed by atoms with Crippen molar-refractivity contribution in [1.29, 1.82) is 0 Å². The van der Waals surface area contributed by atoms with Crippen molar-refractivity contribution in [3.05, 3.63) is 18.2 Å². The molecule has 0 aromatic heterocycles. The van der Waals surface area contributed by atoms with Gasteiger partial charge in [-0.1, -0.05) is 13.8 Å². The topological polar surface area (TPSA) is 50.8 Å². The van der Waals surface area contributed by atoms with Gasteiger partial charge in [-0.15, -0.1) is 0 Å². The molecule has 1 aromatic rings. The molecular weight excluding hydrogens is 292 g/mol. The highest BCUT2D eigenvalue weighted by Crippen LogP contribution is 2.29. The van der Waals surface area contributed by atoms with Gasteiger partial charge in [0.25, 0.3) is 0 Å². The second-order valence-electron chi connectivity index (χ2n) is 6.57. The summed E-state index contributed by atoms with van der Waals surface area (Å²) in [5, 5.41) is 2.93. The number of piperidine rings is 1. The van der Waals surface area contributed by atoms with Crippen molar-refractivity contribution in [3.63, 3.8) is 0 Å². The Labute approximate surface area is 139 Å². The molecule has 0 saturated carbocycles. The molecule has 1 aromatic carbocycles. The number of ether oxygens (including phenoxy) is 2. The maximum Gasteiger partial charge on any atom is 0.225 e. The van der Waals surface area contributed by atoms with E-state index in [1.54, 1.807) is 26.4 Å². The van der Waals surface area contributed by atoms with Crippen LogP contribution in [0.15, 0.2) is 18.2 Å². The molecule has 5 heteroatoms. The summed E-state index contributed by atoms with van der Waals surface area (Å²) in [6.45, 7) is 7.53. The smallest absolute Gasteiger partial charge is 0.225 e. The van der Waals surface area contributed by atoms with Crippen LogP contribution in [0.2, 0.25) is 0 Å². The van der Waals surface area contributed by atoms with Gasteiger partial charge in [0, 0.05) is 32.1 Å². The average Bonchev–Trinajstić information content (AvgIpc) is 2.52. The molecular formula is C18H28N2O3. The molecule has 1 N–H and O–H groups in total. The van der Waals surface area contributed by atoms with Gasteiger partial charge in [-0.2, -0.15) is 0 Å². The van der Waals surface area contributed by atoms with Crippen LogP contribution in [-0.4, -0.2) is 44.7 Å². The second kappa shape index (κ2) is 8.20. The minimum absolute atomic E-state index is 0.00225. The van der Waals surface area contributed by atoms with E-state index in [-0.39, 0.29) is 5.91 Å². The number of carbonyl (C=O) groups excluding carboxylic acids is 1. The Morgan fingerprint density at radius 2 is 1.91 bits per heavy atom. The quantitative estimate of drug-likeness (QED) is 0.875. The van der Waals surface area contributed by atoms with Crippen molar-refractivity contribution in [3.8, 4) is 11.5 Å². The van der Waals surface area contributed by atoms with E-state index in [4.69, 9.17) is 9.47 Å². The molecule has 2 rings (SSSR count). The van der Waals surface area contributed by atoms with Crippen molar-refractivity contribution >= 4 is 11.6 Å². The highest BCUT2D eigenvalue weighted by Gasteiger charge is 2.22. The minimum Gasteiger partial charge on any atom is -0.497 e. The molecule has 1 heterocycles. The zero-order valence-electron chi connectivity index (χ0n) is 14.6. The van der Waals surface area contributed by atoms with E-state index >= 15 is 0 Å². The Morgan fingerprint density at radius 3 is 2.52 bits per heavy atom. The van der Waals surface area contributed by atoms with E-state index in [0.717, 1.165) is 19.6 Å². The fraction of sp³-hybridized carbons (Fsp3) is 0.611. The molecule has 128 valence electrons. The normalized spacial score (nSPS) is 21.7. The Bertz CT molecular complexity index is 523. The number of carbonyl (C=O) groups is 1. The van der Waals surface area contributed by atoms with E-state index in [0.29, 0.717) is 35.4 Å². The van der Waals surface area contributed by atoms with Gasteiger partial charge >= 0.3 is 0 Å². The molecule has 5 nitrogen and oxygen atoms in total. The molecule has 2 atom stereocenters. The number of anilines is 1. The first-order valence-electron chi connectivity index (χ1n) is 8.26. The van der Waals surface area contributed by atoms with Crippen LogP contribution in [0.5, 0.6) is 11.5 Å². The first kappa shape index (κ1) is 17.6. The summed E-state index contributed by atoms with van der Waals surface area (Å²) in [6.07, 6.45) is 1.77. The van der Waals surface area contributed by atoms with Crippen molar-refractivity contribution in [2.24, 2.45) is 11.8 Å². The Balaban J connectivity index is 1.89. The van der Waals surface area contributed by atoms with Crippen LogP contribution in [0.4, 0.5) is 5.69 Å². The molecule has 1 saturated heterocycles. The molecule has 0 bridgehead atoms. The molecule has 1 amide bonds. The molecule has 1 fully saturated rings. The van der Waals surface area contributed by atoms with Crippen LogP contribution >= 0.6 is 0 Å². The molecule has 0 aliphatic carbocycles. The number of methoxy groups -OCH3 is 2. The fourth-order valence-corrected chi connectivity index (χ4v) is 3.36. The lowest BCUT2D eigenvalue weighted by molar-refractivity contribution is -0.116. The molecule has 0 radical (unpaired) electrons. The van der Waals surface area contributed by atoms with Gasteiger partial charge in [0.15, 0.2) is 0 Å². The van der Waals surface area contributed by atoms with E-state index < -0.39 is 0 Å². The van der Waals surface area contributed by atoms with Crippen LogP contribution in [0, 0.1) is 11.8 Å². The highest BCUT2D eigenvalue weighted by atomic mass is 16.5. The summed E-state index contributed by atoms with van der Waals surface area (Å²) in [4.78, 5) is 14.6. The zero-order chi connectivity index (χ0) is 16.8. The first-order valence-corrected chi connectivity index (χ1v) is 8.26. The zero-order valence-corrected chi connectivity index (χ0v) is 14.6. The maximum atomic E-state index is 12.3. The largest absolute Gasteiger partial charge is 0.497 e. The van der Waals surface area contributed by atoms with E-state index in [9.17, 15) is 4.79 Å². The lowest BCUT2D eigenvalue weighted by atomic mass is 9.92. The molecule has 0 spiro atoms. The summed E-state index contributed by atoms with van der Waals surface area (Å²) >= 11 is 0. The minimum atomic E-state index is 0.00225. The predicted octanol–water partition coefficient (Wildman–Crippen LogP) is 3.01. The third kappa shape index (κ3) is 5.13. The highest BCUT2D eigenvalue weighted by molar-refractivity contribution is 5.92. The standard InChI is InChI=1S/C18H28N2O3/c1-13-9-14(2)12-20(11-13)8-7-18(21)19-16-10-15(22-3)5-6-17(16)23-4/h5-6,10,13-14H,7-9,11-12H2,1-4H3,(H,19,21)/t13-,14+. The summed E-state index contributed by atoms with van der Waals surface area (Å²) < 4.78 is 10.5. The molecule has 23 heavy (non-hydrogen) atoms. The van der Waals surface area contributed by atoms with Gasteiger partial charge in [-0.3, -0.25) is 4.79 Å². The SMILES string of the molecule is COc1ccc(OC)c(NC(=O)CCN2C[C@H](C)C[C@H](C)C2)c1. The van der Waals surface area contributed by atoms with Gasteiger partial charge in [0.2, 0.25) is 5.91 Å². The monoisotopic (exact) mass is 320 g/mol. The van der Waals surface area contributed by atoms with Crippen LogP contribution in [-0.2, 0) is 4.79 Å². The fourth-order valence-electron chi connectivity index (χ4n) is 3.36. The van der Waals surface area contributed by atoms with Gasteiger partial charge < -0.3 is 19.7 Å². The maximum absolute atomic E-state index is 12.3. The average molecular weight is 320 g/mol. The number of amides is 1. The van der Waals surface area contributed by atoms with Crippen LogP contribution < -0.4 is 14.8 Å². The number of benzene rings is 1. The van der Waals surface area contributed by atoms with E-state index in [2.05, 4.69) is 24.1 Å². The number of rotatable bonds is 6. The third-order valence-electron chi connectivity index (χ3n) is 4.28. The first-order chi connectivity index (χ1) is 11.0. The number of hydrogen-bond donors (Lipinski definition) is 1. The number of nitrogens with one attached hydrogen (secondary N) is 1. The van der Waals surface area contributed by atoms with Gasteiger partial charge in [-0.25, -0.2) is 0 Å².